The van der Waals surface area contributed by atoms with Gasteiger partial charge < -0.3 is 5.32 Å². The van der Waals surface area contributed by atoms with Crippen LogP contribution in [0.2, 0.25) is 0 Å². The summed E-state index contributed by atoms with van der Waals surface area (Å²) in [5.41, 5.74) is 2.63. The molecule has 1 amide bonds. The van der Waals surface area contributed by atoms with Crippen LogP contribution < -0.4 is 10.9 Å². The van der Waals surface area contributed by atoms with Gasteiger partial charge in [0.15, 0.2) is 0 Å². The number of rotatable bonds is 3. The largest absolute Gasteiger partial charge is 0.325 e. The highest BCUT2D eigenvalue weighted by molar-refractivity contribution is 5.94. The minimum Gasteiger partial charge on any atom is -0.325 e. The molecule has 1 aliphatic rings. The number of nitrogens with one attached hydrogen (secondary N) is 2. The van der Waals surface area contributed by atoms with Crippen molar-refractivity contribution in [2.45, 2.75) is 32.9 Å². The van der Waals surface area contributed by atoms with E-state index in [0.717, 1.165) is 11.3 Å². The first-order valence-electron chi connectivity index (χ1n) is 7.94. The van der Waals surface area contributed by atoms with Gasteiger partial charge in [-0.15, -0.1) is 0 Å². The van der Waals surface area contributed by atoms with Gasteiger partial charge in [-0.2, -0.15) is 0 Å². The number of anilines is 1. The quantitative estimate of drug-likeness (QED) is 0.896. The van der Waals surface area contributed by atoms with Crippen LogP contribution in [0.4, 0.5) is 10.1 Å². The average Bonchev–Trinajstić information content (AvgIpc) is 2.84. The first kappa shape index (κ1) is 16.4. The molecule has 0 saturated heterocycles. The number of amides is 1. The molecule has 1 aliphatic heterocycles. The number of carbonyl (C=O) groups is 1. The molecule has 2 aromatic rings. The van der Waals surface area contributed by atoms with Gasteiger partial charge in [-0.1, -0.05) is 6.07 Å². The Kier molecular flexibility index (Phi) is 4.28. The molecule has 3 rings (SSSR count). The number of aromatic nitrogens is 2. The summed E-state index contributed by atoms with van der Waals surface area (Å²) >= 11 is 0. The Morgan fingerprint density at radius 3 is 2.88 bits per heavy atom. The molecule has 128 valence electrons. The number of nitrogens with zero attached hydrogens (tertiary/aromatic N) is 2. The van der Waals surface area contributed by atoms with E-state index >= 15 is 0 Å². The van der Waals surface area contributed by atoms with Crippen molar-refractivity contribution < 1.29 is 9.18 Å². The zero-order chi connectivity index (χ0) is 17.4. The molecule has 0 bridgehead atoms. The van der Waals surface area contributed by atoms with Crippen molar-refractivity contribution in [3.63, 3.8) is 0 Å². The first-order valence-corrected chi connectivity index (χ1v) is 7.94. The molecule has 1 unspecified atom stereocenters. The molecule has 24 heavy (non-hydrogen) atoms. The van der Waals surface area contributed by atoms with Gasteiger partial charge in [0.05, 0.1) is 11.7 Å². The number of halogens is 1. The Balaban J connectivity index is 1.71. The zero-order valence-electron chi connectivity index (χ0n) is 14.0. The van der Waals surface area contributed by atoms with E-state index in [0.29, 0.717) is 30.8 Å². The van der Waals surface area contributed by atoms with E-state index in [1.54, 1.807) is 30.8 Å². The number of hydrogen-bond acceptors (Lipinski definition) is 3. The van der Waals surface area contributed by atoms with Crippen LogP contribution in [0.1, 0.15) is 23.7 Å². The van der Waals surface area contributed by atoms with Gasteiger partial charge in [0, 0.05) is 31.4 Å². The summed E-state index contributed by atoms with van der Waals surface area (Å²) in [6.45, 7) is 4.66. The number of carbonyl (C=O) groups excluding carboxylic acids is 1. The third kappa shape index (κ3) is 2.99. The maximum atomic E-state index is 13.6. The third-order valence-electron chi connectivity index (χ3n) is 4.66. The third-order valence-corrected chi connectivity index (χ3v) is 4.66. The number of hydrogen-bond donors (Lipinski definition) is 2. The molecule has 0 aliphatic carbocycles. The number of benzene rings is 1. The number of fused-ring (bicyclic) bond motifs is 1. The fraction of sp³-hybridized carbons (Fsp3) is 0.412. The van der Waals surface area contributed by atoms with Crippen LogP contribution in [-0.2, 0) is 24.8 Å². The number of H-pyrrole nitrogens is 1. The van der Waals surface area contributed by atoms with Crippen molar-refractivity contribution in [3.05, 3.63) is 51.2 Å². The fourth-order valence-corrected chi connectivity index (χ4v) is 3.02. The van der Waals surface area contributed by atoms with Gasteiger partial charge in [-0.25, -0.2) is 4.39 Å². The normalized spacial score (nSPS) is 15.8. The summed E-state index contributed by atoms with van der Waals surface area (Å²) in [5.74, 6) is -0.535. The molecule has 0 radical (unpaired) electrons. The molecular formula is C17H21FN4O2. The number of aromatic amines is 1. The minimum absolute atomic E-state index is 0.0561. The van der Waals surface area contributed by atoms with E-state index < -0.39 is 0 Å². The fourth-order valence-electron chi connectivity index (χ4n) is 3.02. The van der Waals surface area contributed by atoms with Crippen molar-refractivity contribution in [1.82, 2.24) is 14.7 Å². The summed E-state index contributed by atoms with van der Waals surface area (Å²) in [4.78, 5) is 26.3. The van der Waals surface area contributed by atoms with Gasteiger partial charge in [-0.05, 0) is 38.0 Å². The van der Waals surface area contributed by atoms with E-state index in [2.05, 4.69) is 10.4 Å². The molecule has 1 atom stereocenters. The first-order chi connectivity index (χ1) is 11.4. The van der Waals surface area contributed by atoms with Gasteiger partial charge in [0.25, 0.3) is 5.56 Å². The second-order valence-corrected chi connectivity index (χ2v) is 6.27. The van der Waals surface area contributed by atoms with Crippen molar-refractivity contribution in [1.29, 1.82) is 0 Å². The highest BCUT2D eigenvalue weighted by Gasteiger charge is 2.28. The second kappa shape index (κ2) is 6.24. The minimum atomic E-state index is -0.382. The SMILES string of the molecule is Cc1ccc(NC(=O)C(C)N2CCc3c(n(C)[nH]c3=O)C2)cc1F. The van der Waals surface area contributed by atoms with Gasteiger partial charge >= 0.3 is 0 Å². The average molecular weight is 332 g/mol. The van der Waals surface area contributed by atoms with Crippen LogP contribution in [0.5, 0.6) is 0 Å². The summed E-state index contributed by atoms with van der Waals surface area (Å²) in [7, 11) is 1.80. The van der Waals surface area contributed by atoms with Gasteiger partial charge in [-0.3, -0.25) is 24.3 Å². The second-order valence-electron chi connectivity index (χ2n) is 6.27. The predicted molar refractivity (Wildman–Crippen MR) is 89.4 cm³/mol. The van der Waals surface area contributed by atoms with Crippen LogP contribution in [0.3, 0.4) is 0 Å². The lowest BCUT2D eigenvalue weighted by Gasteiger charge is -2.31. The molecule has 7 heteroatoms. The summed E-state index contributed by atoms with van der Waals surface area (Å²) in [6.07, 6.45) is 0.613. The Hall–Kier alpha value is -2.41. The molecule has 0 spiro atoms. The lowest BCUT2D eigenvalue weighted by molar-refractivity contribution is -0.121. The molecule has 1 aromatic carbocycles. The van der Waals surface area contributed by atoms with E-state index in [-0.39, 0.29) is 23.3 Å². The standard InChI is InChI=1S/C17H21FN4O2/c1-10-4-5-12(8-14(10)18)19-16(23)11(2)22-7-6-13-15(9-22)21(3)20-17(13)24/h4-5,8,11H,6-7,9H2,1-3H3,(H,19,23)(H,20,24). The van der Waals surface area contributed by atoms with Crippen LogP contribution >= 0.6 is 0 Å². The Morgan fingerprint density at radius 2 is 2.17 bits per heavy atom. The smallest absolute Gasteiger partial charge is 0.267 e. The maximum absolute atomic E-state index is 13.6. The molecule has 0 fully saturated rings. The van der Waals surface area contributed by atoms with E-state index in [1.807, 2.05) is 11.8 Å². The predicted octanol–water partition coefficient (Wildman–Crippen LogP) is 1.55. The summed E-state index contributed by atoms with van der Waals surface area (Å²) < 4.78 is 15.3. The molecule has 2 heterocycles. The van der Waals surface area contributed by atoms with Crippen LogP contribution in [0, 0.1) is 12.7 Å². The van der Waals surface area contributed by atoms with E-state index in [9.17, 15) is 14.0 Å². The zero-order valence-corrected chi connectivity index (χ0v) is 14.0. The Labute approximate surface area is 139 Å². The van der Waals surface area contributed by atoms with Gasteiger partial charge in [0.2, 0.25) is 5.91 Å². The monoisotopic (exact) mass is 332 g/mol. The highest BCUT2D eigenvalue weighted by atomic mass is 19.1. The number of aryl methyl sites for hydroxylation is 2. The topological polar surface area (TPSA) is 70.1 Å². The maximum Gasteiger partial charge on any atom is 0.267 e. The van der Waals surface area contributed by atoms with E-state index in [1.165, 1.54) is 6.07 Å². The van der Waals surface area contributed by atoms with Crippen molar-refractivity contribution in [3.8, 4) is 0 Å². The molecular weight excluding hydrogens is 311 g/mol. The van der Waals surface area contributed by atoms with Gasteiger partial charge in [0.1, 0.15) is 5.82 Å². The van der Waals surface area contributed by atoms with Crippen LogP contribution in [0.15, 0.2) is 23.0 Å². The lowest BCUT2D eigenvalue weighted by atomic mass is 10.1. The van der Waals surface area contributed by atoms with Crippen LogP contribution in [0.25, 0.3) is 0 Å². The molecule has 6 nitrogen and oxygen atoms in total. The Morgan fingerprint density at radius 1 is 1.42 bits per heavy atom. The summed E-state index contributed by atoms with van der Waals surface area (Å²) in [5, 5.41) is 5.50. The lowest BCUT2D eigenvalue weighted by Crippen LogP contribution is -2.45. The Bertz CT molecular complexity index is 840. The van der Waals surface area contributed by atoms with Crippen molar-refractivity contribution in [2.75, 3.05) is 11.9 Å². The molecule has 0 saturated carbocycles. The van der Waals surface area contributed by atoms with Crippen molar-refractivity contribution in [2.24, 2.45) is 7.05 Å². The van der Waals surface area contributed by atoms with E-state index in [4.69, 9.17) is 0 Å². The highest BCUT2D eigenvalue weighted by Crippen LogP contribution is 2.19. The van der Waals surface area contributed by atoms with Crippen molar-refractivity contribution >= 4 is 11.6 Å². The molecule has 1 aromatic heterocycles. The molecule has 2 N–H and O–H groups in total. The summed E-state index contributed by atoms with van der Waals surface area (Å²) in [6, 6.07) is 4.27. The van der Waals surface area contributed by atoms with Crippen LogP contribution in [-0.4, -0.2) is 33.2 Å².